The van der Waals surface area contributed by atoms with Crippen molar-refractivity contribution in [3.63, 3.8) is 0 Å². The van der Waals surface area contributed by atoms with Crippen molar-refractivity contribution in [2.75, 3.05) is 5.32 Å². The second-order valence-electron chi connectivity index (χ2n) is 5.51. The van der Waals surface area contributed by atoms with E-state index in [2.05, 4.69) is 15.3 Å². The Balaban J connectivity index is 1.46. The van der Waals surface area contributed by atoms with Gasteiger partial charge in [0.25, 0.3) is 5.91 Å². The maximum Gasteiger partial charge on any atom is 0.265 e. The molecule has 0 fully saturated rings. The van der Waals surface area contributed by atoms with Gasteiger partial charge in [0.15, 0.2) is 0 Å². The molecule has 2 aromatic carbocycles. The number of para-hydroxylation sites is 2. The Bertz CT molecular complexity index is 938. The summed E-state index contributed by atoms with van der Waals surface area (Å²) in [6.07, 6.45) is 0.730. The molecule has 0 aliphatic rings. The topological polar surface area (TPSA) is 57.8 Å². The van der Waals surface area contributed by atoms with Crippen LogP contribution < -0.4 is 5.32 Å². The molecule has 4 nitrogen and oxygen atoms in total. The zero-order valence-corrected chi connectivity index (χ0v) is 13.6. The van der Waals surface area contributed by atoms with E-state index in [0.717, 1.165) is 34.5 Å². The number of nitrogens with zero attached hydrogens (tertiary/aromatic N) is 1. The molecule has 0 bridgehead atoms. The van der Waals surface area contributed by atoms with Crippen LogP contribution in [0.4, 0.5) is 5.69 Å². The summed E-state index contributed by atoms with van der Waals surface area (Å²) < 4.78 is 0. The van der Waals surface area contributed by atoms with Crippen molar-refractivity contribution in [1.82, 2.24) is 9.97 Å². The molecule has 24 heavy (non-hydrogen) atoms. The molecule has 2 heterocycles. The molecule has 0 radical (unpaired) electrons. The van der Waals surface area contributed by atoms with Crippen molar-refractivity contribution in [3.8, 4) is 0 Å². The van der Waals surface area contributed by atoms with E-state index in [4.69, 9.17) is 0 Å². The van der Waals surface area contributed by atoms with Gasteiger partial charge in [-0.2, -0.15) is 0 Å². The molecule has 2 N–H and O–H groups in total. The highest BCUT2D eigenvalue weighted by atomic mass is 32.1. The highest BCUT2D eigenvalue weighted by Gasteiger charge is 2.07. The van der Waals surface area contributed by atoms with Gasteiger partial charge in [-0.05, 0) is 41.3 Å². The van der Waals surface area contributed by atoms with Gasteiger partial charge < -0.3 is 10.3 Å². The van der Waals surface area contributed by atoms with E-state index in [1.54, 1.807) is 0 Å². The summed E-state index contributed by atoms with van der Waals surface area (Å²) in [4.78, 5) is 20.7. The molecule has 0 spiro atoms. The number of carbonyl (C=O) groups excluding carboxylic acids is 1. The number of amides is 1. The molecule has 0 unspecified atom stereocenters. The van der Waals surface area contributed by atoms with Gasteiger partial charge in [0.2, 0.25) is 0 Å². The lowest BCUT2D eigenvalue weighted by Gasteiger charge is -2.05. The summed E-state index contributed by atoms with van der Waals surface area (Å²) in [6.45, 7) is 0. The van der Waals surface area contributed by atoms with E-state index in [9.17, 15) is 4.79 Å². The van der Waals surface area contributed by atoms with Crippen molar-refractivity contribution in [2.24, 2.45) is 0 Å². The van der Waals surface area contributed by atoms with E-state index >= 15 is 0 Å². The van der Waals surface area contributed by atoms with Crippen LogP contribution in [0.3, 0.4) is 0 Å². The zero-order valence-electron chi connectivity index (χ0n) is 12.8. The van der Waals surface area contributed by atoms with Crippen LogP contribution >= 0.6 is 11.3 Å². The fraction of sp³-hybridized carbons (Fsp3) is 0.0526. The lowest BCUT2D eigenvalue weighted by molar-refractivity contribution is 0.103. The molecule has 0 aliphatic heterocycles. The summed E-state index contributed by atoms with van der Waals surface area (Å²) in [5, 5.41) is 4.80. The smallest absolute Gasteiger partial charge is 0.265 e. The number of rotatable bonds is 4. The van der Waals surface area contributed by atoms with E-state index < -0.39 is 0 Å². The Hall–Kier alpha value is -2.92. The van der Waals surface area contributed by atoms with Crippen LogP contribution in [0.15, 0.2) is 66.0 Å². The molecule has 4 rings (SSSR count). The number of hydrogen-bond donors (Lipinski definition) is 2. The average molecular weight is 333 g/mol. The minimum absolute atomic E-state index is 0.0740. The van der Waals surface area contributed by atoms with Crippen molar-refractivity contribution in [1.29, 1.82) is 0 Å². The summed E-state index contributed by atoms with van der Waals surface area (Å²) in [7, 11) is 0. The van der Waals surface area contributed by atoms with Gasteiger partial charge in [0, 0.05) is 12.1 Å². The normalized spacial score (nSPS) is 10.8. The van der Waals surface area contributed by atoms with Crippen LogP contribution in [-0.4, -0.2) is 15.9 Å². The number of H-pyrrole nitrogens is 1. The maximum absolute atomic E-state index is 12.0. The molecular formula is C19H15N3OS. The Labute approximate surface area is 143 Å². The predicted molar refractivity (Wildman–Crippen MR) is 97.6 cm³/mol. The number of benzene rings is 2. The van der Waals surface area contributed by atoms with Crippen LogP contribution in [0.1, 0.15) is 21.1 Å². The van der Waals surface area contributed by atoms with Crippen molar-refractivity contribution < 1.29 is 4.79 Å². The minimum Gasteiger partial charge on any atom is -0.342 e. The number of carbonyl (C=O) groups is 1. The fourth-order valence-electron chi connectivity index (χ4n) is 2.59. The number of imidazole rings is 1. The van der Waals surface area contributed by atoms with Crippen LogP contribution in [0.2, 0.25) is 0 Å². The number of thiophene rings is 1. The van der Waals surface area contributed by atoms with Gasteiger partial charge in [0.05, 0.1) is 15.9 Å². The van der Waals surface area contributed by atoms with Crippen molar-refractivity contribution in [2.45, 2.75) is 6.42 Å². The SMILES string of the molecule is O=C(Nc1ccc(Cc2nc3ccccc3[nH]2)cc1)c1cccs1. The summed E-state index contributed by atoms with van der Waals surface area (Å²) in [6, 6.07) is 19.5. The van der Waals surface area contributed by atoms with Crippen LogP contribution in [0, 0.1) is 0 Å². The van der Waals surface area contributed by atoms with Gasteiger partial charge in [-0.1, -0.05) is 30.3 Å². The third-order valence-corrected chi connectivity index (χ3v) is 4.64. The van der Waals surface area contributed by atoms with Gasteiger partial charge in [-0.15, -0.1) is 11.3 Å². The standard InChI is InChI=1S/C19H15N3OS/c23-19(17-6-3-11-24-17)20-14-9-7-13(8-10-14)12-18-21-15-4-1-2-5-16(15)22-18/h1-11H,12H2,(H,20,23)(H,21,22). The summed E-state index contributed by atoms with van der Waals surface area (Å²) >= 11 is 1.43. The van der Waals surface area contributed by atoms with Gasteiger partial charge >= 0.3 is 0 Å². The molecule has 0 saturated heterocycles. The molecule has 118 valence electrons. The monoisotopic (exact) mass is 333 g/mol. The van der Waals surface area contributed by atoms with E-state index in [1.807, 2.05) is 66.0 Å². The Morgan fingerprint density at radius 2 is 1.88 bits per heavy atom. The van der Waals surface area contributed by atoms with Gasteiger partial charge in [-0.25, -0.2) is 4.98 Å². The Morgan fingerprint density at radius 1 is 1.04 bits per heavy atom. The number of nitrogens with one attached hydrogen (secondary N) is 2. The average Bonchev–Trinajstić information content (AvgIpc) is 3.25. The largest absolute Gasteiger partial charge is 0.342 e. The second-order valence-corrected chi connectivity index (χ2v) is 6.45. The lowest BCUT2D eigenvalue weighted by atomic mass is 10.1. The number of aromatic nitrogens is 2. The van der Waals surface area contributed by atoms with E-state index in [1.165, 1.54) is 11.3 Å². The molecule has 5 heteroatoms. The second kappa shape index (κ2) is 6.29. The van der Waals surface area contributed by atoms with Crippen LogP contribution in [0.25, 0.3) is 11.0 Å². The Kier molecular flexibility index (Phi) is 3.84. The minimum atomic E-state index is -0.0740. The first-order chi connectivity index (χ1) is 11.8. The van der Waals surface area contributed by atoms with E-state index in [0.29, 0.717) is 4.88 Å². The fourth-order valence-corrected chi connectivity index (χ4v) is 3.21. The number of fused-ring (bicyclic) bond motifs is 1. The molecule has 0 aliphatic carbocycles. The third-order valence-electron chi connectivity index (χ3n) is 3.77. The highest BCUT2D eigenvalue weighted by molar-refractivity contribution is 7.12. The molecular weight excluding hydrogens is 318 g/mol. The van der Waals surface area contributed by atoms with Crippen LogP contribution in [0.5, 0.6) is 0 Å². The molecule has 4 aromatic rings. The summed E-state index contributed by atoms with van der Waals surface area (Å²) in [5.41, 5.74) is 3.96. The first-order valence-electron chi connectivity index (χ1n) is 7.65. The van der Waals surface area contributed by atoms with Crippen LogP contribution in [-0.2, 0) is 6.42 Å². The first-order valence-corrected chi connectivity index (χ1v) is 8.53. The van der Waals surface area contributed by atoms with Crippen molar-refractivity contribution >= 4 is 34.0 Å². The molecule has 0 saturated carbocycles. The van der Waals surface area contributed by atoms with E-state index in [-0.39, 0.29) is 5.91 Å². The molecule has 2 aromatic heterocycles. The third kappa shape index (κ3) is 3.07. The molecule has 0 atom stereocenters. The Morgan fingerprint density at radius 3 is 2.62 bits per heavy atom. The number of hydrogen-bond acceptors (Lipinski definition) is 3. The summed E-state index contributed by atoms with van der Waals surface area (Å²) in [5.74, 6) is 0.863. The first kappa shape index (κ1) is 14.7. The van der Waals surface area contributed by atoms with Gasteiger partial charge in [0.1, 0.15) is 5.82 Å². The van der Waals surface area contributed by atoms with Gasteiger partial charge in [-0.3, -0.25) is 4.79 Å². The zero-order chi connectivity index (χ0) is 16.4. The number of anilines is 1. The lowest BCUT2D eigenvalue weighted by Crippen LogP contribution is -2.09. The molecule has 1 amide bonds. The highest BCUT2D eigenvalue weighted by Crippen LogP contribution is 2.17. The van der Waals surface area contributed by atoms with Crippen molar-refractivity contribution in [3.05, 3.63) is 82.3 Å². The number of aromatic amines is 1. The quantitative estimate of drug-likeness (QED) is 0.579. The predicted octanol–water partition coefficient (Wildman–Crippen LogP) is 4.47. The maximum atomic E-state index is 12.0.